The minimum Gasteiger partial charge on any atom is -0.480 e. The zero-order chi connectivity index (χ0) is 11.6. The average molecular weight is 202 g/mol. The number of nitrogens with one attached hydrogen (secondary N) is 1. The van der Waals surface area contributed by atoms with Crippen LogP contribution in [0.1, 0.15) is 34.1 Å². The van der Waals surface area contributed by atoms with Gasteiger partial charge >= 0.3 is 5.97 Å². The Kier molecular flexibility index (Phi) is 3.65. The summed E-state index contributed by atoms with van der Waals surface area (Å²) in [6.45, 7) is 6.27. The third kappa shape index (κ3) is 4.81. The van der Waals surface area contributed by atoms with E-state index in [9.17, 15) is 9.59 Å². The SMILES string of the molecule is CC(C)(N)CC(=O)NC(C)(C)C(=O)O. The van der Waals surface area contributed by atoms with Crippen molar-refractivity contribution in [3.05, 3.63) is 0 Å². The van der Waals surface area contributed by atoms with E-state index in [0.717, 1.165) is 0 Å². The van der Waals surface area contributed by atoms with Crippen molar-refractivity contribution >= 4 is 11.9 Å². The topological polar surface area (TPSA) is 92.4 Å². The fourth-order valence-corrected chi connectivity index (χ4v) is 0.860. The molecule has 5 heteroatoms. The largest absolute Gasteiger partial charge is 0.480 e. The lowest BCUT2D eigenvalue weighted by Crippen LogP contribution is -2.51. The predicted molar refractivity (Wildman–Crippen MR) is 52.7 cm³/mol. The van der Waals surface area contributed by atoms with Crippen LogP contribution in [0.4, 0.5) is 0 Å². The van der Waals surface area contributed by atoms with Crippen LogP contribution in [0.15, 0.2) is 0 Å². The number of carboxylic acid groups (broad SMARTS) is 1. The molecule has 0 heterocycles. The lowest BCUT2D eigenvalue weighted by molar-refractivity contribution is -0.146. The summed E-state index contributed by atoms with van der Waals surface area (Å²) in [5, 5.41) is 11.1. The van der Waals surface area contributed by atoms with E-state index in [1.165, 1.54) is 13.8 Å². The maximum absolute atomic E-state index is 11.3. The van der Waals surface area contributed by atoms with Gasteiger partial charge in [0, 0.05) is 12.0 Å². The molecule has 0 aliphatic heterocycles. The monoisotopic (exact) mass is 202 g/mol. The van der Waals surface area contributed by atoms with E-state index in [-0.39, 0.29) is 12.3 Å². The molecule has 0 aromatic rings. The lowest BCUT2D eigenvalue weighted by Gasteiger charge is -2.24. The second kappa shape index (κ2) is 3.96. The molecular formula is C9H18N2O3. The number of hydrogen-bond donors (Lipinski definition) is 3. The summed E-state index contributed by atoms with van der Waals surface area (Å²) < 4.78 is 0. The summed E-state index contributed by atoms with van der Waals surface area (Å²) in [7, 11) is 0. The molecule has 0 radical (unpaired) electrons. The fourth-order valence-electron chi connectivity index (χ4n) is 0.860. The third-order valence-corrected chi connectivity index (χ3v) is 1.60. The molecule has 0 bridgehead atoms. The second-order valence-electron chi connectivity index (χ2n) is 4.64. The number of carbonyl (C=O) groups is 2. The van der Waals surface area contributed by atoms with E-state index in [1.54, 1.807) is 13.8 Å². The zero-order valence-corrected chi connectivity index (χ0v) is 9.05. The van der Waals surface area contributed by atoms with Crippen molar-refractivity contribution in [3.63, 3.8) is 0 Å². The molecule has 14 heavy (non-hydrogen) atoms. The molecular weight excluding hydrogens is 184 g/mol. The molecule has 1 amide bonds. The van der Waals surface area contributed by atoms with E-state index in [0.29, 0.717) is 0 Å². The Labute approximate surface area is 83.7 Å². The van der Waals surface area contributed by atoms with Crippen LogP contribution in [-0.4, -0.2) is 28.1 Å². The third-order valence-electron chi connectivity index (χ3n) is 1.60. The van der Waals surface area contributed by atoms with Crippen LogP contribution in [0.2, 0.25) is 0 Å². The van der Waals surface area contributed by atoms with Crippen LogP contribution < -0.4 is 11.1 Å². The molecule has 4 N–H and O–H groups in total. The van der Waals surface area contributed by atoms with Gasteiger partial charge < -0.3 is 16.2 Å². The minimum absolute atomic E-state index is 0.101. The summed E-state index contributed by atoms with van der Waals surface area (Å²) in [5.41, 5.74) is 3.75. The van der Waals surface area contributed by atoms with E-state index < -0.39 is 17.0 Å². The summed E-state index contributed by atoms with van der Waals surface area (Å²) in [6.07, 6.45) is 0.101. The summed E-state index contributed by atoms with van der Waals surface area (Å²) >= 11 is 0. The van der Waals surface area contributed by atoms with Crippen LogP contribution >= 0.6 is 0 Å². The van der Waals surface area contributed by atoms with Crippen LogP contribution in [0.3, 0.4) is 0 Å². The molecule has 0 rings (SSSR count). The minimum atomic E-state index is -1.25. The van der Waals surface area contributed by atoms with Crippen molar-refractivity contribution in [3.8, 4) is 0 Å². The maximum Gasteiger partial charge on any atom is 0.328 e. The number of carbonyl (C=O) groups excluding carboxylic acids is 1. The van der Waals surface area contributed by atoms with Crippen molar-refractivity contribution in [1.82, 2.24) is 5.32 Å². The predicted octanol–water partition coefficient (Wildman–Crippen LogP) is 0.0932. The molecule has 0 aliphatic carbocycles. The molecule has 82 valence electrons. The first-order valence-electron chi connectivity index (χ1n) is 4.38. The highest BCUT2D eigenvalue weighted by Crippen LogP contribution is 2.07. The van der Waals surface area contributed by atoms with Gasteiger partial charge in [0.15, 0.2) is 0 Å². The van der Waals surface area contributed by atoms with E-state index >= 15 is 0 Å². The van der Waals surface area contributed by atoms with Crippen LogP contribution in [-0.2, 0) is 9.59 Å². The molecule has 5 nitrogen and oxygen atoms in total. The van der Waals surface area contributed by atoms with Gasteiger partial charge in [0.25, 0.3) is 0 Å². The Morgan fingerprint density at radius 2 is 1.71 bits per heavy atom. The van der Waals surface area contributed by atoms with Gasteiger partial charge in [0.1, 0.15) is 5.54 Å². The molecule has 0 aromatic heterocycles. The van der Waals surface area contributed by atoms with Gasteiger partial charge in [-0.2, -0.15) is 0 Å². The number of nitrogens with two attached hydrogens (primary N) is 1. The summed E-state index contributed by atoms with van der Waals surface area (Å²) in [5.74, 6) is -1.43. The quantitative estimate of drug-likeness (QED) is 0.602. The van der Waals surface area contributed by atoms with Crippen molar-refractivity contribution in [2.75, 3.05) is 0 Å². The molecule has 0 aliphatic rings. The van der Waals surface area contributed by atoms with Gasteiger partial charge in [0.2, 0.25) is 5.91 Å². The number of aliphatic carboxylic acids is 1. The fraction of sp³-hybridized carbons (Fsp3) is 0.778. The van der Waals surface area contributed by atoms with Crippen molar-refractivity contribution < 1.29 is 14.7 Å². The Hall–Kier alpha value is -1.10. The average Bonchev–Trinajstić information content (AvgIpc) is 1.79. The Bertz CT molecular complexity index is 241. The Morgan fingerprint density at radius 3 is 2.00 bits per heavy atom. The van der Waals surface area contributed by atoms with Gasteiger partial charge in [-0.3, -0.25) is 4.79 Å². The van der Waals surface area contributed by atoms with Crippen molar-refractivity contribution in [2.45, 2.75) is 45.2 Å². The van der Waals surface area contributed by atoms with Gasteiger partial charge in [0.05, 0.1) is 0 Å². The van der Waals surface area contributed by atoms with Gasteiger partial charge in [-0.1, -0.05) is 0 Å². The summed E-state index contributed by atoms with van der Waals surface area (Å²) in [6, 6.07) is 0. The molecule has 0 atom stereocenters. The molecule has 0 unspecified atom stereocenters. The van der Waals surface area contributed by atoms with E-state index in [1.807, 2.05) is 0 Å². The smallest absolute Gasteiger partial charge is 0.328 e. The van der Waals surface area contributed by atoms with E-state index in [4.69, 9.17) is 10.8 Å². The van der Waals surface area contributed by atoms with Crippen molar-refractivity contribution in [1.29, 1.82) is 0 Å². The first kappa shape index (κ1) is 12.9. The molecule has 0 spiro atoms. The number of amides is 1. The number of carboxylic acids is 1. The van der Waals surface area contributed by atoms with Crippen LogP contribution in [0.25, 0.3) is 0 Å². The van der Waals surface area contributed by atoms with Gasteiger partial charge in [-0.05, 0) is 27.7 Å². The Balaban J connectivity index is 4.27. The number of hydrogen-bond acceptors (Lipinski definition) is 3. The maximum atomic E-state index is 11.3. The molecule has 0 saturated heterocycles. The van der Waals surface area contributed by atoms with Gasteiger partial charge in [-0.15, -0.1) is 0 Å². The van der Waals surface area contributed by atoms with Gasteiger partial charge in [-0.25, -0.2) is 4.79 Å². The highest BCUT2D eigenvalue weighted by molar-refractivity contribution is 5.86. The van der Waals surface area contributed by atoms with Crippen LogP contribution in [0.5, 0.6) is 0 Å². The van der Waals surface area contributed by atoms with Crippen LogP contribution in [0, 0.1) is 0 Å². The first-order chi connectivity index (χ1) is 6.04. The zero-order valence-electron chi connectivity index (χ0n) is 9.05. The van der Waals surface area contributed by atoms with Crippen molar-refractivity contribution in [2.24, 2.45) is 5.73 Å². The molecule has 0 aromatic carbocycles. The highest BCUT2D eigenvalue weighted by Gasteiger charge is 2.30. The lowest BCUT2D eigenvalue weighted by atomic mass is 10.00. The molecule has 0 fully saturated rings. The number of rotatable bonds is 4. The Morgan fingerprint density at radius 1 is 1.29 bits per heavy atom. The first-order valence-corrected chi connectivity index (χ1v) is 4.38. The second-order valence-corrected chi connectivity index (χ2v) is 4.64. The summed E-state index contributed by atoms with van der Waals surface area (Å²) in [4.78, 5) is 22.0. The normalized spacial score (nSPS) is 12.4. The van der Waals surface area contributed by atoms with E-state index in [2.05, 4.69) is 5.32 Å². The standard InChI is InChI=1S/C9H18N2O3/c1-8(2,10)5-6(12)11-9(3,4)7(13)14/h5,10H2,1-4H3,(H,11,12)(H,13,14). The highest BCUT2D eigenvalue weighted by atomic mass is 16.4. The molecule has 0 saturated carbocycles.